The Labute approximate surface area is 274 Å². The third-order valence-corrected chi connectivity index (χ3v) is 9.16. The van der Waals surface area contributed by atoms with Gasteiger partial charge in [-0.1, -0.05) is 60.5 Å². The zero-order valence-electron chi connectivity index (χ0n) is 25.8. The van der Waals surface area contributed by atoms with E-state index in [2.05, 4.69) is 106 Å². The van der Waals surface area contributed by atoms with Crippen LogP contribution in [0, 0.1) is 34.5 Å². The number of hydrogen-bond donors (Lipinski definition) is 0. The van der Waals surface area contributed by atoms with Crippen molar-refractivity contribution in [2.24, 2.45) is 0 Å². The highest BCUT2D eigenvalue weighted by Crippen LogP contribution is 2.36. The van der Waals surface area contributed by atoms with Gasteiger partial charge in [0.1, 0.15) is 23.5 Å². The molecule has 0 saturated carbocycles. The van der Waals surface area contributed by atoms with E-state index in [1.54, 1.807) is 12.2 Å². The van der Waals surface area contributed by atoms with E-state index in [9.17, 15) is 10.5 Å². The molecule has 0 spiro atoms. The van der Waals surface area contributed by atoms with Crippen LogP contribution >= 0.6 is 0 Å². The third kappa shape index (κ3) is 5.27. The quantitative estimate of drug-likeness (QED) is 0.152. The van der Waals surface area contributed by atoms with Gasteiger partial charge in [-0.15, -0.1) is 0 Å². The molecule has 5 heteroatoms. The smallest absolute Gasteiger partial charge is 0.178 e. The number of para-hydroxylation sites is 2. The molecule has 5 aromatic rings. The van der Waals surface area contributed by atoms with Gasteiger partial charge in [-0.2, -0.15) is 10.5 Å². The van der Waals surface area contributed by atoms with Crippen LogP contribution in [-0.4, -0.2) is 17.7 Å². The van der Waals surface area contributed by atoms with Crippen molar-refractivity contribution in [3.8, 4) is 29.7 Å². The lowest BCUT2D eigenvalue weighted by Crippen LogP contribution is -2.34. The molecule has 8 rings (SSSR count). The molecule has 3 aliphatic heterocycles. The molecule has 3 aliphatic rings. The summed E-state index contributed by atoms with van der Waals surface area (Å²) in [6, 6.07) is 33.8. The maximum absolute atomic E-state index is 9.61. The van der Waals surface area contributed by atoms with Crippen LogP contribution in [0.25, 0.3) is 33.6 Å². The lowest BCUT2D eigenvalue weighted by molar-refractivity contribution is 0.336. The summed E-state index contributed by atoms with van der Waals surface area (Å²) in [7, 11) is 0. The Morgan fingerprint density at radius 1 is 0.723 bits per heavy atom. The van der Waals surface area contributed by atoms with E-state index < -0.39 is 0 Å². The summed E-state index contributed by atoms with van der Waals surface area (Å²) < 4.78 is 8.46. The van der Waals surface area contributed by atoms with Crippen LogP contribution in [-0.2, 0) is 17.6 Å². The normalized spacial score (nSPS) is 15.2. The van der Waals surface area contributed by atoms with Crippen LogP contribution in [0.4, 0.5) is 5.69 Å². The molecule has 0 unspecified atom stereocenters. The summed E-state index contributed by atoms with van der Waals surface area (Å²) in [6.45, 7) is 2.27. The van der Waals surface area contributed by atoms with Crippen LogP contribution in [0.2, 0.25) is 0 Å². The fourth-order valence-corrected chi connectivity index (χ4v) is 7.09. The predicted octanol–water partition coefficient (Wildman–Crippen LogP) is 8.69. The number of fused-ring (bicyclic) bond motifs is 3. The standard InChI is InChI=1S/C42H30N4O/c43-27-34(28-44)33-25-36(47-37(26-33)20-16-30-23-31-7-5-21-45-22-6-8-32(24-30)42(31)45)19-15-29-13-17-35(18-14-29)46-40-11-3-1-9-38(40)39-10-2-4-12-41(39)46/h1-4,9-15,17-19,23-26H,5-8,21-22H2. The second kappa shape index (κ2) is 11.9. The Morgan fingerprint density at radius 3 is 2.00 bits per heavy atom. The minimum Gasteiger partial charge on any atom is -0.448 e. The van der Waals surface area contributed by atoms with Crippen molar-refractivity contribution in [3.05, 3.63) is 148 Å². The van der Waals surface area contributed by atoms with Crippen LogP contribution in [0.15, 0.2) is 126 Å². The molecular weight excluding hydrogens is 576 g/mol. The SMILES string of the molecule is N#CC(C#N)=C1C=C(C#Cc2cc3c4c(c2)CCCN4CCC3)OC(C=Cc2ccc(-n3c4ccccc4c4ccccc43)cc2)=C1. The average molecular weight is 607 g/mol. The van der Waals surface area contributed by atoms with E-state index in [4.69, 9.17) is 4.74 Å². The monoisotopic (exact) mass is 606 g/mol. The largest absolute Gasteiger partial charge is 0.448 e. The Hall–Kier alpha value is -6.22. The molecule has 0 N–H and O–H groups in total. The highest BCUT2D eigenvalue weighted by Gasteiger charge is 2.24. The fraction of sp³-hybridized carbons (Fsp3) is 0.143. The molecule has 47 heavy (non-hydrogen) atoms. The Kier molecular flexibility index (Phi) is 7.18. The first-order chi connectivity index (χ1) is 23.2. The van der Waals surface area contributed by atoms with Gasteiger partial charge in [-0.25, -0.2) is 0 Å². The van der Waals surface area contributed by atoms with E-state index in [0.717, 1.165) is 42.7 Å². The fourth-order valence-electron chi connectivity index (χ4n) is 7.09. The molecule has 4 aromatic carbocycles. The maximum atomic E-state index is 9.61. The number of aromatic nitrogens is 1. The van der Waals surface area contributed by atoms with Gasteiger partial charge in [-0.3, -0.25) is 0 Å². The number of aryl methyl sites for hydroxylation is 2. The first kappa shape index (κ1) is 28.3. The molecule has 0 amide bonds. The van der Waals surface area contributed by atoms with Crippen LogP contribution in [0.3, 0.4) is 0 Å². The zero-order chi connectivity index (χ0) is 31.7. The van der Waals surface area contributed by atoms with Gasteiger partial charge in [0.25, 0.3) is 0 Å². The number of benzene rings is 4. The first-order valence-corrected chi connectivity index (χ1v) is 16.0. The number of nitrogens with zero attached hydrogens (tertiary/aromatic N) is 4. The number of allylic oxidation sites excluding steroid dienone is 6. The van der Waals surface area contributed by atoms with Crippen LogP contribution < -0.4 is 4.90 Å². The summed E-state index contributed by atoms with van der Waals surface area (Å²) in [5, 5.41) is 21.7. The van der Waals surface area contributed by atoms with Gasteiger partial charge in [0, 0.05) is 46.4 Å². The van der Waals surface area contributed by atoms with E-state index in [-0.39, 0.29) is 5.57 Å². The second-order valence-corrected chi connectivity index (χ2v) is 12.1. The number of ether oxygens (including phenoxy) is 1. The van der Waals surface area contributed by atoms with E-state index in [1.807, 2.05) is 24.3 Å². The van der Waals surface area contributed by atoms with Crippen molar-refractivity contribution in [1.29, 1.82) is 10.5 Å². The highest BCUT2D eigenvalue weighted by molar-refractivity contribution is 6.09. The average Bonchev–Trinajstić information content (AvgIpc) is 3.45. The van der Waals surface area contributed by atoms with Crippen molar-refractivity contribution in [1.82, 2.24) is 4.57 Å². The lowest BCUT2D eigenvalue weighted by Gasteiger charge is -2.37. The number of hydrogen-bond acceptors (Lipinski definition) is 4. The van der Waals surface area contributed by atoms with Gasteiger partial charge < -0.3 is 14.2 Å². The van der Waals surface area contributed by atoms with Crippen molar-refractivity contribution in [3.63, 3.8) is 0 Å². The lowest BCUT2D eigenvalue weighted by atomic mass is 9.90. The molecule has 4 heterocycles. The van der Waals surface area contributed by atoms with Gasteiger partial charge in [0.2, 0.25) is 0 Å². The molecule has 5 nitrogen and oxygen atoms in total. The summed E-state index contributed by atoms with van der Waals surface area (Å²) >= 11 is 0. The Bertz CT molecular complexity index is 2260. The predicted molar refractivity (Wildman–Crippen MR) is 187 cm³/mol. The summed E-state index contributed by atoms with van der Waals surface area (Å²) in [6.07, 6.45) is 11.7. The Morgan fingerprint density at radius 2 is 1.36 bits per heavy atom. The number of anilines is 1. The molecule has 0 bridgehead atoms. The topological polar surface area (TPSA) is 65.0 Å². The summed E-state index contributed by atoms with van der Waals surface area (Å²) in [5.41, 5.74) is 10.0. The summed E-state index contributed by atoms with van der Waals surface area (Å²) in [4.78, 5) is 2.52. The first-order valence-electron chi connectivity index (χ1n) is 16.0. The van der Waals surface area contributed by atoms with Gasteiger partial charge in [0.15, 0.2) is 5.76 Å². The van der Waals surface area contributed by atoms with Crippen LogP contribution in [0.1, 0.15) is 35.1 Å². The molecule has 0 radical (unpaired) electrons. The maximum Gasteiger partial charge on any atom is 0.178 e. The van der Waals surface area contributed by atoms with Gasteiger partial charge in [0.05, 0.1) is 11.0 Å². The van der Waals surface area contributed by atoms with Crippen LogP contribution in [0.5, 0.6) is 0 Å². The minimum atomic E-state index is 0.0207. The van der Waals surface area contributed by atoms with E-state index in [0.29, 0.717) is 17.1 Å². The van der Waals surface area contributed by atoms with Gasteiger partial charge >= 0.3 is 0 Å². The molecule has 0 saturated heterocycles. The van der Waals surface area contributed by atoms with E-state index in [1.165, 1.54) is 51.5 Å². The molecule has 0 aliphatic carbocycles. The van der Waals surface area contributed by atoms with Crippen molar-refractivity contribution in [2.45, 2.75) is 25.7 Å². The van der Waals surface area contributed by atoms with Crippen molar-refractivity contribution < 1.29 is 4.74 Å². The molecule has 0 atom stereocenters. The Balaban J connectivity index is 1.07. The van der Waals surface area contributed by atoms with Crippen molar-refractivity contribution >= 4 is 33.6 Å². The second-order valence-electron chi connectivity index (χ2n) is 12.1. The molecule has 224 valence electrons. The third-order valence-electron chi connectivity index (χ3n) is 9.16. The van der Waals surface area contributed by atoms with Gasteiger partial charge in [-0.05, 0) is 103 Å². The highest BCUT2D eigenvalue weighted by atomic mass is 16.5. The molecule has 1 aromatic heterocycles. The van der Waals surface area contributed by atoms with E-state index >= 15 is 0 Å². The minimum absolute atomic E-state index is 0.0207. The summed E-state index contributed by atoms with van der Waals surface area (Å²) in [5.74, 6) is 7.41. The number of rotatable bonds is 3. The van der Waals surface area contributed by atoms with Crippen molar-refractivity contribution in [2.75, 3.05) is 18.0 Å². The zero-order valence-corrected chi connectivity index (χ0v) is 25.8. The number of nitriles is 2. The molecule has 0 fully saturated rings. The molecular formula is C42H30N4O.